The van der Waals surface area contributed by atoms with Crippen molar-refractivity contribution in [3.05, 3.63) is 29.2 Å². The van der Waals surface area contributed by atoms with Crippen molar-refractivity contribution in [2.45, 2.75) is 67.2 Å². The Labute approximate surface area is 129 Å². The van der Waals surface area contributed by atoms with E-state index in [-0.39, 0.29) is 11.7 Å². The van der Waals surface area contributed by atoms with Gasteiger partial charge in [0.2, 0.25) is 0 Å². The summed E-state index contributed by atoms with van der Waals surface area (Å²) in [4.78, 5) is 0. The molecule has 0 atom stereocenters. The lowest BCUT2D eigenvalue weighted by Gasteiger charge is -2.08. The molecule has 2 rings (SSSR count). The SMILES string of the molecule is CC.CC.CC(C)c1cc2c(cc1F)c(C(C)C)nn2C. The van der Waals surface area contributed by atoms with Gasteiger partial charge in [-0.25, -0.2) is 4.39 Å². The molecular weight excluding hydrogens is 263 g/mol. The summed E-state index contributed by atoms with van der Waals surface area (Å²) in [7, 11) is 1.91. The summed E-state index contributed by atoms with van der Waals surface area (Å²) in [6.07, 6.45) is 0. The lowest BCUT2D eigenvalue weighted by atomic mass is 9.99. The first kappa shape index (κ1) is 19.6. The van der Waals surface area contributed by atoms with Crippen LogP contribution < -0.4 is 0 Å². The Bertz CT molecular complexity index is 554. The molecule has 0 aliphatic carbocycles. The molecule has 2 nitrogen and oxygen atoms in total. The number of hydrogen-bond acceptors (Lipinski definition) is 1. The summed E-state index contributed by atoms with van der Waals surface area (Å²) in [5, 5.41) is 5.42. The summed E-state index contributed by atoms with van der Waals surface area (Å²) in [6, 6.07) is 3.56. The molecule has 0 unspecified atom stereocenters. The maximum Gasteiger partial charge on any atom is 0.127 e. The van der Waals surface area contributed by atoms with Crippen LogP contribution in [-0.2, 0) is 7.05 Å². The lowest BCUT2D eigenvalue weighted by Crippen LogP contribution is -1.95. The highest BCUT2D eigenvalue weighted by atomic mass is 19.1. The molecule has 0 aliphatic heterocycles. The topological polar surface area (TPSA) is 17.8 Å². The zero-order chi connectivity index (χ0) is 16.7. The maximum absolute atomic E-state index is 14.0. The van der Waals surface area contributed by atoms with Crippen molar-refractivity contribution < 1.29 is 4.39 Å². The number of aromatic nitrogens is 2. The Morgan fingerprint density at radius 2 is 1.48 bits per heavy atom. The minimum Gasteiger partial charge on any atom is -0.268 e. The predicted octanol–water partition coefficient (Wildman–Crippen LogP) is 6.01. The van der Waals surface area contributed by atoms with E-state index in [0.717, 1.165) is 22.2 Å². The molecule has 0 N–H and O–H groups in total. The quantitative estimate of drug-likeness (QED) is 0.663. The first-order valence-corrected chi connectivity index (χ1v) is 8.07. The lowest BCUT2D eigenvalue weighted by molar-refractivity contribution is 0.600. The van der Waals surface area contributed by atoms with Crippen LogP contribution >= 0.6 is 0 Å². The second-order valence-electron chi connectivity index (χ2n) is 5.21. The number of fused-ring (bicyclic) bond motifs is 1. The monoisotopic (exact) mass is 294 g/mol. The van der Waals surface area contributed by atoms with E-state index >= 15 is 0 Å². The molecule has 1 aromatic heterocycles. The largest absolute Gasteiger partial charge is 0.268 e. The van der Waals surface area contributed by atoms with Crippen molar-refractivity contribution in [1.82, 2.24) is 9.78 Å². The van der Waals surface area contributed by atoms with Crippen molar-refractivity contribution in [3.63, 3.8) is 0 Å². The van der Waals surface area contributed by atoms with E-state index in [1.807, 2.05) is 59.3 Å². The van der Waals surface area contributed by atoms with E-state index in [4.69, 9.17) is 0 Å². The van der Waals surface area contributed by atoms with Gasteiger partial charge in [0.25, 0.3) is 0 Å². The number of hydrogen-bond donors (Lipinski definition) is 0. The first-order valence-electron chi connectivity index (χ1n) is 8.07. The van der Waals surface area contributed by atoms with Gasteiger partial charge in [-0.15, -0.1) is 0 Å². The van der Waals surface area contributed by atoms with Crippen LogP contribution in [0.5, 0.6) is 0 Å². The third kappa shape index (κ3) is 4.29. The van der Waals surface area contributed by atoms with Gasteiger partial charge in [0.1, 0.15) is 5.82 Å². The van der Waals surface area contributed by atoms with E-state index in [1.165, 1.54) is 0 Å². The van der Waals surface area contributed by atoms with Gasteiger partial charge in [-0.1, -0.05) is 55.4 Å². The highest BCUT2D eigenvalue weighted by Gasteiger charge is 2.16. The molecule has 3 heteroatoms. The van der Waals surface area contributed by atoms with Crippen LogP contribution in [0, 0.1) is 5.82 Å². The Balaban J connectivity index is 0.000000921. The van der Waals surface area contributed by atoms with Gasteiger partial charge >= 0.3 is 0 Å². The van der Waals surface area contributed by atoms with Crippen LogP contribution in [0.3, 0.4) is 0 Å². The van der Waals surface area contributed by atoms with Gasteiger partial charge < -0.3 is 0 Å². The van der Waals surface area contributed by atoms with Gasteiger partial charge in [0.05, 0.1) is 11.2 Å². The molecule has 0 aliphatic rings. The summed E-state index contributed by atoms with van der Waals surface area (Å²) in [5.74, 6) is 0.377. The van der Waals surface area contributed by atoms with Crippen LogP contribution in [0.15, 0.2) is 12.1 Å². The highest BCUT2D eigenvalue weighted by Crippen LogP contribution is 2.29. The average molecular weight is 294 g/mol. The molecule has 120 valence electrons. The second kappa shape index (κ2) is 8.81. The van der Waals surface area contributed by atoms with E-state index in [2.05, 4.69) is 18.9 Å². The van der Waals surface area contributed by atoms with Gasteiger partial charge in [-0.05, 0) is 29.5 Å². The highest BCUT2D eigenvalue weighted by molar-refractivity contribution is 5.83. The Hall–Kier alpha value is -1.38. The van der Waals surface area contributed by atoms with E-state index < -0.39 is 0 Å². The molecule has 0 radical (unpaired) electrons. The van der Waals surface area contributed by atoms with Crippen molar-refractivity contribution in [1.29, 1.82) is 0 Å². The molecular formula is C18H31FN2. The fourth-order valence-corrected chi connectivity index (χ4v) is 2.19. The summed E-state index contributed by atoms with van der Waals surface area (Å²) in [6.45, 7) is 16.2. The molecule has 2 aromatic rings. The number of halogens is 1. The Morgan fingerprint density at radius 3 is 1.90 bits per heavy atom. The van der Waals surface area contributed by atoms with Crippen LogP contribution in [-0.4, -0.2) is 9.78 Å². The summed E-state index contributed by atoms with van der Waals surface area (Å²) >= 11 is 0. The fourth-order valence-electron chi connectivity index (χ4n) is 2.19. The minimum absolute atomic E-state index is 0.123. The average Bonchev–Trinajstić information content (AvgIpc) is 2.79. The van der Waals surface area contributed by atoms with Crippen molar-refractivity contribution in [2.75, 3.05) is 0 Å². The van der Waals surface area contributed by atoms with Crippen molar-refractivity contribution in [3.8, 4) is 0 Å². The zero-order valence-electron chi connectivity index (χ0n) is 15.1. The fraction of sp³-hybridized carbons (Fsp3) is 0.611. The smallest absolute Gasteiger partial charge is 0.127 e. The number of rotatable bonds is 2. The van der Waals surface area contributed by atoms with E-state index in [1.54, 1.807) is 6.07 Å². The van der Waals surface area contributed by atoms with Gasteiger partial charge in [-0.2, -0.15) is 5.10 Å². The van der Waals surface area contributed by atoms with E-state index in [0.29, 0.717) is 5.92 Å². The third-order valence-electron chi connectivity index (χ3n) is 3.17. The zero-order valence-corrected chi connectivity index (χ0v) is 15.1. The Kier molecular flexibility index (Phi) is 8.23. The molecule has 0 spiro atoms. The van der Waals surface area contributed by atoms with Crippen LogP contribution in [0.1, 0.15) is 78.5 Å². The number of aryl methyl sites for hydroxylation is 1. The number of nitrogens with zero attached hydrogens (tertiary/aromatic N) is 2. The molecule has 0 saturated carbocycles. The molecule has 0 bridgehead atoms. The van der Waals surface area contributed by atoms with Crippen LogP contribution in [0.2, 0.25) is 0 Å². The molecule has 21 heavy (non-hydrogen) atoms. The van der Waals surface area contributed by atoms with Crippen molar-refractivity contribution >= 4 is 10.9 Å². The second-order valence-corrected chi connectivity index (χ2v) is 5.21. The molecule has 1 aromatic carbocycles. The molecule has 0 fully saturated rings. The molecule has 0 amide bonds. The van der Waals surface area contributed by atoms with Crippen LogP contribution in [0.25, 0.3) is 10.9 Å². The standard InChI is InChI=1S/C14H19FN2.2C2H6/c1-8(2)10-7-13-11(6-12(10)15)14(9(3)4)16-17(13)5;2*1-2/h6-9H,1-5H3;2*1-2H3. The first-order chi connectivity index (χ1) is 9.91. The third-order valence-corrected chi connectivity index (χ3v) is 3.17. The van der Waals surface area contributed by atoms with Crippen LogP contribution in [0.4, 0.5) is 4.39 Å². The predicted molar refractivity (Wildman–Crippen MR) is 91.5 cm³/mol. The molecule has 0 saturated heterocycles. The summed E-state index contributed by atoms with van der Waals surface area (Å²) in [5.41, 5.74) is 2.74. The van der Waals surface area contributed by atoms with E-state index in [9.17, 15) is 4.39 Å². The Morgan fingerprint density at radius 1 is 0.952 bits per heavy atom. The maximum atomic E-state index is 14.0. The van der Waals surface area contributed by atoms with Gasteiger partial charge in [0, 0.05) is 12.4 Å². The van der Waals surface area contributed by atoms with Gasteiger partial charge in [-0.3, -0.25) is 4.68 Å². The minimum atomic E-state index is -0.123. The summed E-state index contributed by atoms with van der Waals surface area (Å²) < 4.78 is 15.8. The van der Waals surface area contributed by atoms with Gasteiger partial charge in [0.15, 0.2) is 0 Å². The van der Waals surface area contributed by atoms with Crippen molar-refractivity contribution in [2.24, 2.45) is 7.05 Å². The number of benzene rings is 1. The molecule has 1 heterocycles. The normalized spacial score (nSPS) is 10.3.